The SMILES string of the molecule is COC(=O)C(C)c1cc(C(C)(C(=O)OC)C(=O)OC)ccc1N. The van der Waals surface area contributed by atoms with Gasteiger partial charge in [-0.25, -0.2) is 0 Å². The lowest BCUT2D eigenvalue weighted by molar-refractivity contribution is -0.161. The van der Waals surface area contributed by atoms with E-state index in [9.17, 15) is 14.4 Å². The first-order chi connectivity index (χ1) is 10.7. The van der Waals surface area contributed by atoms with Crippen molar-refractivity contribution in [3.63, 3.8) is 0 Å². The number of nitrogens with two attached hydrogens (primary N) is 1. The monoisotopic (exact) mass is 323 g/mol. The summed E-state index contributed by atoms with van der Waals surface area (Å²) in [4.78, 5) is 36.0. The number of esters is 3. The van der Waals surface area contributed by atoms with Crippen molar-refractivity contribution in [2.45, 2.75) is 25.2 Å². The van der Waals surface area contributed by atoms with Crippen LogP contribution < -0.4 is 5.73 Å². The number of carbonyl (C=O) groups excluding carboxylic acids is 3. The fraction of sp³-hybridized carbons (Fsp3) is 0.438. The summed E-state index contributed by atoms with van der Waals surface area (Å²) in [5.74, 6) is -2.68. The van der Waals surface area contributed by atoms with E-state index in [1.165, 1.54) is 46.5 Å². The lowest BCUT2D eigenvalue weighted by atomic mass is 9.80. The Morgan fingerprint density at radius 1 is 1.04 bits per heavy atom. The van der Waals surface area contributed by atoms with Gasteiger partial charge in [0.25, 0.3) is 0 Å². The van der Waals surface area contributed by atoms with Crippen molar-refractivity contribution in [3.8, 4) is 0 Å². The summed E-state index contributed by atoms with van der Waals surface area (Å²) in [6, 6.07) is 4.57. The van der Waals surface area contributed by atoms with Crippen LogP contribution in [0.15, 0.2) is 18.2 Å². The number of benzene rings is 1. The van der Waals surface area contributed by atoms with Crippen LogP contribution in [0.3, 0.4) is 0 Å². The number of ether oxygens (including phenoxy) is 3. The maximum absolute atomic E-state index is 12.1. The van der Waals surface area contributed by atoms with Crippen molar-refractivity contribution in [1.29, 1.82) is 0 Å². The number of rotatable bonds is 5. The smallest absolute Gasteiger partial charge is 0.327 e. The molecule has 0 aliphatic heterocycles. The van der Waals surface area contributed by atoms with Gasteiger partial charge in [0, 0.05) is 5.69 Å². The fourth-order valence-corrected chi connectivity index (χ4v) is 2.29. The van der Waals surface area contributed by atoms with Crippen molar-refractivity contribution in [3.05, 3.63) is 29.3 Å². The van der Waals surface area contributed by atoms with Gasteiger partial charge in [0.15, 0.2) is 5.41 Å². The van der Waals surface area contributed by atoms with Crippen LogP contribution in [-0.2, 0) is 34.0 Å². The van der Waals surface area contributed by atoms with Crippen molar-refractivity contribution in [2.24, 2.45) is 0 Å². The third kappa shape index (κ3) is 3.28. The molecule has 0 amide bonds. The average molecular weight is 323 g/mol. The second-order valence-electron chi connectivity index (χ2n) is 5.20. The van der Waals surface area contributed by atoms with Crippen LogP contribution in [0.2, 0.25) is 0 Å². The molecule has 0 radical (unpaired) electrons. The lowest BCUT2D eigenvalue weighted by Gasteiger charge is -2.25. The number of anilines is 1. The Labute approximate surface area is 134 Å². The zero-order chi connectivity index (χ0) is 17.8. The molecule has 126 valence electrons. The number of carbonyl (C=O) groups is 3. The van der Waals surface area contributed by atoms with E-state index in [4.69, 9.17) is 19.9 Å². The Kier molecular flexibility index (Phi) is 5.73. The highest BCUT2D eigenvalue weighted by molar-refractivity contribution is 6.06. The Balaban J connectivity index is 3.49. The molecule has 7 heteroatoms. The fourth-order valence-electron chi connectivity index (χ4n) is 2.29. The molecule has 0 spiro atoms. The maximum Gasteiger partial charge on any atom is 0.327 e. The zero-order valence-corrected chi connectivity index (χ0v) is 13.8. The minimum atomic E-state index is -1.66. The molecule has 0 heterocycles. The third-order valence-electron chi connectivity index (χ3n) is 3.87. The minimum absolute atomic E-state index is 0.316. The largest absolute Gasteiger partial charge is 0.469 e. The molecule has 0 saturated heterocycles. The molecular weight excluding hydrogens is 302 g/mol. The highest BCUT2D eigenvalue weighted by Crippen LogP contribution is 2.32. The van der Waals surface area contributed by atoms with E-state index in [0.717, 1.165) is 0 Å². The Bertz CT molecular complexity index is 609. The summed E-state index contributed by atoms with van der Waals surface area (Å²) >= 11 is 0. The summed E-state index contributed by atoms with van der Waals surface area (Å²) in [5.41, 5.74) is 5.36. The second-order valence-corrected chi connectivity index (χ2v) is 5.20. The molecular formula is C16H21NO6. The Morgan fingerprint density at radius 2 is 1.57 bits per heavy atom. The number of nitrogen functional groups attached to an aromatic ring is 1. The molecule has 1 aromatic rings. The van der Waals surface area contributed by atoms with Crippen LogP contribution in [0.1, 0.15) is 30.9 Å². The molecule has 1 atom stereocenters. The van der Waals surface area contributed by atoms with Crippen molar-refractivity contribution >= 4 is 23.6 Å². The van der Waals surface area contributed by atoms with Gasteiger partial charge < -0.3 is 19.9 Å². The average Bonchev–Trinajstić information content (AvgIpc) is 2.58. The molecule has 0 saturated carbocycles. The molecule has 1 unspecified atom stereocenters. The second kappa shape index (κ2) is 7.13. The maximum atomic E-state index is 12.1. The number of methoxy groups -OCH3 is 3. The molecule has 0 aromatic heterocycles. The summed E-state index contributed by atoms with van der Waals surface area (Å²) in [7, 11) is 3.63. The molecule has 1 aromatic carbocycles. The number of hydrogen-bond acceptors (Lipinski definition) is 7. The Hall–Kier alpha value is -2.57. The summed E-state index contributed by atoms with van der Waals surface area (Å²) in [6.45, 7) is 3.01. The number of hydrogen-bond donors (Lipinski definition) is 1. The highest BCUT2D eigenvalue weighted by atomic mass is 16.5. The Morgan fingerprint density at radius 3 is 2.00 bits per heavy atom. The highest BCUT2D eigenvalue weighted by Gasteiger charge is 2.46. The molecule has 0 bridgehead atoms. The predicted octanol–water partition coefficient (Wildman–Crippen LogP) is 1.15. The van der Waals surface area contributed by atoms with Crippen LogP contribution in [0.5, 0.6) is 0 Å². The van der Waals surface area contributed by atoms with E-state index in [-0.39, 0.29) is 0 Å². The van der Waals surface area contributed by atoms with Gasteiger partial charge in [0.2, 0.25) is 0 Å². The standard InChI is InChI=1S/C16H21NO6/c1-9(13(18)21-3)11-8-10(6-7-12(11)17)16(2,14(19)22-4)15(20)23-5/h6-9H,17H2,1-5H3. The molecule has 0 aliphatic carbocycles. The normalized spacial score (nSPS) is 12.2. The lowest BCUT2D eigenvalue weighted by Crippen LogP contribution is -2.42. The van der Waals surface area contributed by atoms with Crippen LogP contribution >= 0.6 is 0 Å². The van der Waals surface area contributed by atoms with Crippen LogP contribution in [-0.4, -0.2) is 39.2 Å². The summed E-state index contributed by atoms with van der Waals surface area (Å²) in [5, 5.41) is 0. The van der Waals surface area contributed by atoms with E-state index in [1.54, 1.807) is 6.92 Å². The molecule has 0 fully saturated rings. The van der Waals surface area contributed by atoms with Crippen molar-refractivity contribution < 1.29 is 28.6 Å². The van der Waals surface area contributed by atoms with Gasteiger partial charge in [-0.2, -0.15) is 0 Å². The van der Waals surface area contributed by atoms with Gasteiger partial charge in [0.1, 0.15) is 0 Å². The van der Waals surface area contributed by atoms with E-state index in [1.807, 2.05) is 0 Å². The van der Waals surface area contributed by atoms with Gasteiger partial charge in [-0.15, -0.1) is 0 Å². The topological polar surface area (TPSA) is 105 Å². The van der Waals surface area contributed by atoms with E-state index >= 15 is 0 Å². The summed E-state index contributed by atoms with van der Waals surface area (Å²) < 4.78 is 14.2. The predicted molar refractivity (Wildman–Crippen MR) is 82.7 cm³/mol. The third-order valence-corrected chi connectivity index (χ3v) is 3.87. The van der Waals surface area contributed by atoms with Crippen molar-refractivity contribution in [1.82, 2.24) is 0 Å². The molecule has 0 aliphatic rings. The van der Waals surface area contributed by atoms with Crippen LogP contribution in [0.25, 0.3) is 0 Å². The first-order valence-electron chi connectivity index (χ1n) is 6.88. The quantitative estimate of drug-likeness (QED) is 0.375. The summed E-state index contributed by atoms with van der Waals surface area (Å²) in [6.07, 6.45) is 0. The zero-order valence-electron chi connectivity index (χ0n) is 13.8. The molecule has 2 N–H and O–H groups in total. The minimum Gasteiger partial charge on any atom is -0.469 e. The van der Waals surface area contributed by atoms with E-state index in [2.05, 4.69) is 0 Å². The first kappa shape index (κ1) is 18.5. The van der Waals surface area contributed by atoms with Gasteiger partial charge >= 0.3 is 17.9 Å². The first-order valence-corrected chi connectivity index (χ1v) is 6.88. The van der Waals surface area contributed by atoms with E-state index in [0.29, 0.717) is 16.8 Å². The van der Waals surface area contributed by atoms with E-state index < -0.39 is 29.2 Å². The molecule has 23 heavy (non-hydrogen) atoms. The van der Waals surface area contributed by atoms with Crippen LogP contribution in [0, 0.1) is 0 Å². The molecule has 1 rings (SSSR count). The van der Waals surface area contributed by atoms with Gasteiger partial charge in [-0.3, -0.25) is 14.4 Å². The molecule has 7 nitrogen and oxygen atoms in total. The van der Waals surface area contributed by atoms with Gasteiger partial charge in [-0.1, -0.05) is 12.1 Å². The van der Waals surface area contributed by atoms with Gasteiger partial charge in [-0.05, 0) is 31.0 Å². The van der Waals surface area contributed by atoms with Gasteiger partial charge in [0.05, 0.1) is 27.2 Å². The van der Waals surface area contributed by atoms with Crippen molar-refractivity contribution in [2.75, 3.05) is 27.1 Å². The van der Waals surface area contributed by atoms with Crippen LogP contribution in [0.4, 0.5) is 5.69 Å².